The van der Waals surface area contributed by atoms with Crippen molar-refractivity contribution in [3.8, 4) is 0 Å². The van der Waals surface area contributed by atoms with Gasteiger partial charge in [0.1, 0.15) is 12.6 Å². The number of amides is 1. The topological polar surface area (TPSA) is 80.8 Å². The molecule has 1 aromatic rings. The van der Waals surface area contributed by atoms with Crippen molar-refractivity contribution in [3.05, 3.63) is 29.8 Å². The van der Waals surface area contributed by atoms with E-state index in [-0.39, 0.29) is 23.7 Å². The molecule has 0 bridgehead atoms. The highest BCUT2D eigenvalue weighted by molar-refractivity contribution is 7.92. The molecule has 1 aromatic carbocycles. The maximum atomic E-state index is 13.1. The van der Waals surface area contributed by atoms with E-state index in [1.165, 1.54) is 0 Å². The largest absolute Gasteiger partial charge is 0.447 e. The lowest BCUT2D eigenvalue weighted by Gasteiger charge is -2.28. The van der Waals surface area contributed by atoms with E-state index in [2.05, 4.69) is 0 Å². The summed E-state index contributed by atoms with van der Waals surface area (Å²) in [7, 11) is -3.23. The number of sulfone groups is 1. The van der Waals surface area contributed by atoms with Crippen LogP contribution in [0.15, 0.2) is 29.2 Å². The number of hydrogen-bond acceptors (Lipinski definition) is 5. The third-order valence-electron chi connectivity index (χ3n) is 6.06. The van der Waals surface area contributed by atoms with Crippen molar-refractivity contribution < 1.29 is 22.7 Å². The zero-order chi connectivity index (χ0) is 19.2. The first kappa shape index (κ1) is 18.5. The zero-order valence-electron chi connectivity index (χ0n) is 15.5. The average Bonchev–Trinajstić information content (AvgIpc) is 3.28. The molecule has 6 nitrogen and oxygen atoms in total. The van der Waals surface area contributed by atoms with Gasteiger partial charge in [0.15, 0.2) is 15.6 Å². The number of benzene rings is 1. The maximum absolute atomic E-state index is 13.1. The minimum Gasteiger partial charge on any atom is -0.447 e. The molecule has 146 valence electrons. The van der Waals surface area contributed by atoms with Crippen LogP contribution in [0.25, 0.3) is 0 Å². The maximum Gasteiger partial charge on any atom is 0.410 e. The summed E-state index contributed by atoms with van der Waals surface area (Å²) in [5.74, 6) is -0.475. The molecule has 3 fully saturated rings. The van der Waals surface area contributed by atoms with E-state index < -0.39 is 27.9 Å². The first-order valence-corrected chi connectivity index (χ1v) is 11.3. The van der Waals surface area contributed by atoms with Gasteiger partial charge in [-0.1, -0.05) is 31.9 Å². The Morgan fingerprint density at radius 3 is 2.33 bits per heavy atom. The summed E-state index contributed by atoms with van der Waals surface area (Å²) in [6, 6.07) is 6.16. The van der Waals surface area contributed by atoms with Crippen LogP contribution < -0.4 is 0 Å². The van der Waals surface area contributed by atoms with Gasteiger partial charge in [0.25, 0.3) is 0 Å². The Balaban J connectivity index is 1.50. The van der Waals surface area contributed by atoms with E-state index >= 15 is 0 Å². The molecule has 1 aliphatic heterocycles. The zero-order valence-corrected chi connectivity index (χ0v) is 16.3. The quantitative estimate of drug-likeness (QED) is 0.744. The van der Waals surface area contributed by atoms with E-state index in [1.54, 1.807) is 29.2 Å². The summed E-state index contributed by atoms with van der Waals surface area (Å²) >= 11 is 0. The Hall–Kier alpha value is -1.89. The Kier molecular flexibility index (Phi) is 4.74. The molecular weight excluding hydrogens is 366 g/mol. The van der Waals surface area contributed by atoms with Gasteiger partial charge < -0.3 is 4.74 Å². The van der Waals surface area contributed by atoms with Crippen LogP contribution in [0.3, 0.4) is 0 Å². The van der Waals surface area contributed by atoms with E-state index in [0.717, 1.165) is 44.1 Å². The molecule has 1 unspecified atom stereocenters. The second-order valence-corrected chi connectivity index (χ2v) is 10.1. The molecule has 1 amide bonds. The first-order valence-electron chi connectivity index (χ1n) is 9.72. The number of cyclic esters (lactones) is 1. The predicted octanol–water partition coefficient (Wildman–Crippen LogP) is 3.06. The monoisotopic (exact) mass is 391 g/mol. The molecule has 0 spiro atoms. The van der Waals surface area contributed by atoms with Crippen LogP contribution in [-0.2, 0) is 19.4 Å². The molecule has 27 heavy (non-hydrogen) atoms. The van der Waals surface area contributed by atoms with Crippen molar-refractivity contribution in [1.29, 1.82) is 0 Å². The van der Waals surface area contributed by atoms with Gasteiger partial charge in [-0.25, -0.2) is 13.2 Å². The first-order chi connectivity index (χ1) is 12.9. The van der Waals surface area contributed by atoms with Crippen molar-refractivity contribution in [2.75, 3.05) is 6.61 Å². The highest BCUT2D eigenvalue weighted by Gasteiger charge is 2.44. The van der Waals surface area contributed by atoms with Crippen molar-refractivity contribution in [2.24, 2.45) is 0 Å². The van der Waals surface area contributed by atoms with Crippen LogP contribution in [0.2, 0.25) is 0 Å². The summed E-state index contributed by atoms with van der Waals surface area (Å²) in [5, 5.41) is -0.246. The second kappa shape index (κ2) is 6.93. The Bertz CT molecular complexity index is 838. The van der Waals surface area contributed by atoms with Crippen LogP contribution in [0.4, 0.5) is 4.79 Å². The molecule has 0 N–H and O–H groups in total. The van der Waals surface area contributed by atoms with E-state index in [1.807, 2.05) is 6.92 Å². The summed E-state index contributed by atoms with van der Waals surface area (Å²) < 4.78 is 29.8. The van der Waals surface area contributed by atoms with Gasteiger partial charge in [-0.3, -0.25) is 9.69 Å². The lowest BCUT2D eigenvalue weighted by atomic mass is 9.92. The number of Topliss-reactive ketones (excluding diaryl/α,β-unsaturated/α-hetero) is 1. The number of carbonyl (C=O) groups is 2. The Morgan fingerprint density at radius 2 is 1.74 bits per heavy atom. The van der Waals surface area contributed by atoms with Crippen molar-refractivity contribution in [3.63, 3.8) is 0 Å². The number of ketones is 1. The molecule has 7 heteroatoms. The highest BCUT2D eigenvalue weighted by Crippen LogP contribution is 2.35. The second-order valence-electron chi connectivity index (χ2n) is 7.88. The van der Waals surface area contributed by atoms with Crippen LogP contribution in [0.1, 0.15) is 56.9 Å². The van der Waals surface area contributed by atoms with Gasteiger partial charge in [-0.05, 0) is 43.4 Å². The third kappa shape index (κ3) is 3.37. The standard InChI is InChI=1S/C20H25NO5S/c1-13(14-6-8-16(9-7-14)27(24,25)17-10-11-17)19(22)18-12-26-20(23)21(18)15-4-2-3-5-15/h6-9,13,15,17-18H,2-5,10-12H2,1H3/t13-,18?/m1/s1. The molecule has 1 heterocycles. The van der Waals surface area contributed by atoms with Crippen LogP contribution in [0, 0.1) is 0 Å². The molecule has 1 saturated heterocycles. The number of nitrogens with zero attached hydrogens (tertiary/aromatic N) is 1. The Morgan fingerprint density at radius 1 is 1.11 bits per heavy atom. The van der Waals surface area contributed by atoms with E-state index in [9.17, 15) is 18.0 Å². The van der Waals surface area contributed by atoms with Crippen LogP contribution >= 0.6 is 0 Å². The predicted molar refractivity (Wildman–Crippen MR) is 99.3 cm³/mol. The van der Waals surface area contributed by atoms with E-state index in [4.69, 9.17) is 4.74 Å². The van der Waals surface area contributed by atoms with Gasteiger partial charge in [0.05, 0.1) is 10.1 Å². The molecular formula is C20H25NO5S. The minimum atomic E-state index is -3.23. The number of hydrogen-bond donors (Lipinski definition) is 0. The molecule has 2 aliphatic carbocycles. The molecule has 2 atom stereocenters. The van der Waals surface area contributed by atoms with Gasteiger partial charge in [0, 0.05) is 12.0 Å². The third-order valence-corrected chi connectivity index (χ3v) is 8.33. The number of carbonyl (C=O) groups excluding carboxylic acids is 2. The fourth-order valence-corrected chi connectivity index (χ4v) is 5.86. The summed E-state index contributed by atoms with van der Waals surface area (Å²) in [6.07, 6.45) is 5.04. The summed E-state index contributed by atoms with van der Waals surface area (Å²) in [6.45, 7) is 1.91. The molecule has 0 aromatic heterocycles. The van der Waals surface area contributed by atoms with Gasteiger partial charge in [0.2, 0.25) is 0 Å². The molecule has 3 aliphatic rings. The smallest absolute Gasteiger partial charge is 0.410 e. The van der Waals surface area contributed by atoms with Crippen LogP contribution in [-0.4, -0.2) is 49.1 Å². The highest BCUT2D eigenvalue weighted by atomic mass is 32.2. The number of ether oxygens (including phenoxy) is 1. The van der Waals surface area contributed by atoms with E-state index in [0.29, 0.717) is 4.90 Å². The molecule has 4 rings (SSSR count). The molecule has 0 radical (unpaired) electrons. The van der Waals surface area contributed by atoms with Crippen molar-refractivity contribution in [1.82, 2.24) is 4.90 Å². The SMILES string of the molecule is C[C@@H](C(=O)C1COC(=O)N1C1CCCC1)c1ccc(S(=O)(=O)C2CC2)cc1. The van der Waals surface area contributed by atoms with Crippen molar-refractivity contribution >= 4 is 21.7 Å². The lowest BCUT2D eigenvalue weighted by molar-refractivity contribution is -0.124. The fourth-order valence-electron chi connectivity index (χ4n) is 4.21. The summed E-state index contributed by atoms with van der Waals surface area (Å²) in [4.78, 5) is 27.2. The Labute approximate surface area is 159 Å². The summed E-state index contributed by atoms with van der Waals surface area (Å²) in [5.41, 5.74) is 0.764. The lowest BCUT2D eigenvalue weighted by Crippen LogP contribution is -2.46. The fraction of sp³-hybridized carbons (Fsp3) is 0.600. The normalized spacial score (nSPS) is 24.9. The van der Waals surface area contributed by atoms with Gasteiger partial charge in [-0.15, -0.1) is 0 Å². The van der Waals surface area contributed by atoms with Gasteiger partial charge in [-0.2, -0.15) is 0 Å². The molecule has 2 saturated carbocycles. The van der Waals surface area contributed by atoms with Crippen molar-refractivity contribution in [2.45, 2.75) is 73.6 Å². The minimum absolute atomic E-state index is 0.0504. The van der Waals surface area contributed by atoms with Gasteiger partial charge >= 0.3 is 6.09 Å². The van der Waals surface area contributed by atoms with Crippen LogP contribution in [0.5, 0.6) is 0 Å². The average molecular weight is 391 g/mol. The number of rotatable bonds is 6.